The summed E-state index contributed by atoms with van der Waals surface area (Å²) in [6.07, 6.45) is 5.88. The molecule has 0 aliphatic carbocycles. The molecule has 2 fully saturated rings. The van der Waals surface area contributed by atoms with Gasteiger partial charge in [-0.3, -0.25) is 4.90 Å². The van der Waals surface area contributed by atoms with Gasteiger partial charge in [0, 0.05) is 31.6 Å². The number of anilines is 2. The molecule has 0 saturated carbocycles. The predicted molar refractivity (Wildman–Crippen MR) is 85.3 cm³/mol. The lowest BCUT2D eigenvalue weighted by Crippen LogP contribution is -2.35. The Hall–Kier alpha value is -1.40. The number of nitrogen functional groups attached to an aromatic ring is 1. The van der Waals surface area contributed by atoms with Crippen LogP contribution in [0.4, 0.5) is 11.6 Å². The highest BCUT2D eigenvalue weighted by Crippen LogP contribution is 2.25. The number of hydrogen-bond acceptors (Lipinski definition) is 6. The Morgan fingerprint density at radius 1 is 1.29 bits per heavy atom. The Bertz CT molecular complexity index is 471. The van der Waals surface area contributed by atoms with Crippen LogP contribution < -0.4 is 16.2 Å². The number of aromatic nitrogens is 2. The van der Waals surface area contributed by atoms with Gasteiger partial charge in [-0.15, -0.1) is 0 Å². The quantitative estimate of drug-likeness (QED) is 0.631. The van der Waals surface area contributed by atoms with E-state index in [4.69, 9.17) is 10.8 Å². The van der Waals surface area contributed by atoms with E-state index in [1.807, 2.05) is 6.07 Å². The van der Waals surface area contributed by atoms with Gasteiger partial charge in [-0.25, -0.2) is 15.8 Å². The standard InChI is InChI=1S/C15H26N6/c1-2-5-13-17-14(19-16)10-15(18-13)21-9-6-12(11-21)20-7-3-4-8-20/h10,12H,2-9,11,16H2,1H3,(H,17,18,19). The summed E-state index contributed by atoms with van der Waals surface area (Å²) < 4.78 is 0. The van der Waals surface area contributed by atoms with E-state index in [1.165, 1.54) is 32.4 Å². The van der Waals surface area contributed by atoms with Crippen molar-refractivity contribution in [2.45, 2.75) is 45.1 Å². The van der Waals surface area contributed by atoms with Gasteiger partial charge in [0.15, 0.2) is 0 Å². The van der Waals surface area contributed by atoms with Crippen molar-refractivity contribution >= 4 is 11.6 Å². The predicted octanol–water partition coefficient (Wildman–Crippen LogP) is 1.39. The highest BCUT2D eigenvalue weighted by atomic mass is 15.3. The first-order chi connectivity index (χ1) is 10.3. The molecule has 0 amide bonds. The second kappa shape index (κ2) is 6.58. The molecule has 6 heteroatoms. The molecule has 1 atom stereocenters. The summed E-state index contributed by atoms with van der Waals surface area (Å²) in [5, 5.41) is 0. The van der Waals surface area contributed by atoms with E-state index < -0.39 is 0 Å². The van der Waals surface area contributed by atoms with Gasteiger partial charge in [0.1, 0.15) is 17.5 Å². The summed E-state index contributed by atoms with van der Waals surface area (Å²) in [5.74, 6) is 8.16. The van der Waals surface area contributed by atoms with Crippen molar-refractivity contribution in [1.29, 1.82) is 0 Å². The Kier molecular flexibility index (Phi) is 4.55. The highest BCUT2D eigenvalue weighted by Gasteiger charge is 2.30. The van der Waals surface area contributed by atoms with E-state index in [-0.39, 0.29) is 0 Å². The van der Waals surface area contributed by atoms with Crippen LogP contribution in [0.2, 0.25) is 0 Å². The number of nitrogens with one attached hydrogen (secondary N) is 1. The number of hydrazine groups is 1. The third-order valence-corrected chi connectivity index (χ3v) is 4.52. The fraction of sp³-hybridized carbons (Fsp3) is 0.733. The van der Waals surface area contributed by atoms with E-state index in [0.29, 0.717) is 11.9 Å². The molecular formula is C15H26N6. The Morgan fingerprint density at radius 3 is 2.81 bits per heavy atom. The molecule has 1 aromatic heterocycles. The van der Waals surface area contributed by atoms with Gasteiger partial charge >= 0.3 is 0 Å². The monoisotopic (exact) mass is 290 g/mol. The first kappa shape index (κ1) is 14.5. The molecule has 0 radical (unpaired) electrons. The first-order valence-corrected chi connectivity index (χ1v) is 8.13. The molecule has 2 saturated heterocycles. The van der Waals surface area contributed by atoms with Crippen LogP contribution in [0.5, 0.6) is 0 Å². The maximum Gasteiger partial charge on any atom is 0.145 e. The molecule has 116 valence electrons. The molecule has 0 bridgehead atoms. The molecule has 1 unspecified atom stereocenters. The van der Waals surface area contributed by atoms with Gasteiger partial charge in [0.25, 0.3) is 0 Å². The summed E-state index contributed by atoms with van der Waals surface area (Å²) in [4.78, 5) is 14.2. The average molecular weight is 290 g/mol. The molecule has 0 spiro atoms. The zero-order valence-electron chi connectivity index (χ0n) is 12.9. The lowest BCUT2D eigenvalue weighted by Gasteiger charge is -2.24. The van der Waals surface area contributed by atoms with Crippen molar-refractivity contribution < 1.29 is 0 Å². The molecule has 21 heavy (non-hydrogen) atoms. The van der Waals surface area contributed by atoms with Gasteiger partial charge in [0.2, 0.25) is 0 Å². The van der Waals surface area contributed by atoms with E-state index >= 15 is 0 Å². The molecule has 2 aliphatic heterocycles. The summed E-state index contributed by atoms with van der Waals surface area (Å²) >= 11 is 0. The summed E-state index contributed by atoms with van der Waals surface area (Å²) in [6, 6.07) is 2.65. The Balaban J connectivity index is 1.72. The first-order valence-electron chi connectivity index (χ1n) is 8.13. The molecule has 3 N–H and O–H groups in total. The smallest absolute Gasteiger partial charge is 0.145 e. The molecule has 0 aromatic carbocycles. The van der Waals surface area contributed by atoms with Crippen LogP contribution in [0.15, 0.2) is 6.07 Å². The third kappa shape index (κ3) is 3.27. The maximum atomic E-state index is 5.54. The van der Waals surface area contributed by atoms with Gasteiger partial charge in [-0.2, -0.15) is 0 Å². The SMILES string of the molecule is CCCc1nc(NN)cc(N2CCC(N3CCCC3)C2)n1. The topological polar surface area (TPSA) is 70.3 Å². The average Bonchev–Trinajstić information content (AvgIpc) is 3.18. The zero-order chi connectivity index (χ0) is 14.7. The van der Waals surface area contributed by atoms with E-state index in [1.54, 1.807) is 0 Å². The number of nitrogens with two attached hydrogens (primary N) is 1. The van der Waals surface area contributed by atoms with Crippen molar-refractivity contribution in [1.82, 2.24) is 14.9 Å². The van der Waals surface area contributed by atoms with E-state index in [9.17, 15) is 0 Å². The molecule has 3 heterocycles. The van der Waals surface area contributed by atoms with Gasteiger partial charge < -0.3 is 10.3 Å². The largest absolute Gasteiger partial charge is 0.355 e. The summed E-state index contributed by atoms with van der Waals surface area (Å²) in [6.45, 7) is 6.82. The van der Waals surface area contributed by atoms with Crippen LogP contribution in [-0.2, 0) is 6.42 Å². The molecule has 1 aromatic rings. The summed E-state index contributed by atoms with van der Waals surface area (Å²) in [7, 11) is 0. The van der Waals surface area contributed by atoms with Gasteiger partial charge in [-0.1, -0.05) is 6.92 Å². The minimum atomic E-state index is 0.686. The minimum absolute atomic E-state index is 0.686. The van der Waals surface area contributed by atoms with Gasteiger partial charge in [-0.05, 0) is 38.8 Å². The van der Waals surface area contributed by atoms with Crippen LogP contribution in [0.1, 0.15) is 38.4 Å². The number of hydrogen-bond donors (Lipinski definition) is 2. The van der Waals surface area contributed by atoms with Crippen molar-refractivity contribution in [3.05, 3.63) is 11.9 Å². The second-order valence-electron chi connectivity index (χ2n) is 6.05. The van der Waals surface area contributed by atoms with E-state index in [0.717, 1.165) is 37.6 Å². The molecule has 6 nitrogen and oxygen atoms in total. The van der Waals surface area contributed by atoms with Crippen LogP contribution in [0, 0.1) is 0 Å². The number of rotatable bonds is 5. The summed E-state index contributed by atoms with van der Waals surface area (Å²) in [5.41, 5.74) is 2.67. The zero-order valence-corrected chi connectivity index (χ0v) is 12.9. The maximum absolute atomic E-state index is 5.54. The number of nitrogens with zero attached hydrogens (tertiary/aromatic N) is 4. The number of likely N-dealkylation sites (tertiary alicyclic amines) is 1. The van der Waals surface area contributed by atoms with Gasteiger partial charge in [0.05, 0.1) is 0 Å². The van der Waals surface area contributed by atoms with E-state index in [2.05, 4.69) is 27.1 Å². The Labute approximate surface area is 126 Å². The Morgan fingerprint density at radius 2 is 2.10 bits per heavy atom. The van der Waals surface area contributed by atoms with Crippen LogP contribution in [0.3, 0.4) is 0 Å². The van der Waals surface area contributed by atoms with Crippen LogP contribution in [-0.4, -0.2) is 47.1 Å². The molecule has 3 rings (SSSR count). The fourth-order valence-corrected chi connectivity index (χ4v) is 3.41. The normalized spacial score (nSPS) is 23.0. The lowest BCUT2D eigenvalue weighted by atomic mass is 10.2. The second-order valence-corrected chi connectivity index (χ2v) is 6.05. The highest BCUT2D eigenvalue weighted by molar-refractivity contribution is 5.49. The fourth-order valence-electron chi connectivity index (χ4n) is 3.41. The number of aryl methyl sites for hydroxylation is 1. The van der Waals surface area contributed by atoms with Crippen LogP contribution in [0.25, 0.3) is 0 Å². The molecular weight excluding hydrogens is 264 g/mol. The van der Waals surface area contributed by atoms with Crippen molar-refractivity contribution in [2.24, 2.45) is 5.84 Å². The lowest BCUT2D eigenvalue weighted by molar-refractivity contribution is 0.260. The minimum Gasteiger partial charge on any atom is -0.355 e. The van der Waals surface area contributed by atoms with Crippen LogP contribution >= 0.6 is 0 Å². The van der Waals surface area contributed by atoms with Crippen molar-refractivity contribution in [3.8, 4) is 0 Å². The van der Waals surface area contributed by atoms with Crippen molar-refractivity contribution in [3.63, 3.8) is 0 Å². The van der Waals surface area contributed by atoms with Crippen molar-refractivity contribution in [2.75, 3.05) is 36.5 Å². The molecule has 2 aliphatic rings. The third-order valence-electron chi connectivity index (χ3n) is 4.52.